The number of nitrogens with one attached hydrogen (secondary N) is 1. The summed E-state index contributed by atoms with van der Waals surface area (Å²) >= 11 is 9.49. The van der Waals surface area contributed by atoms with Crippen molar-refractivity contribution in [2.24, 2.45) is 0 Å². The van der Waals surface area contributed by atoms with Gasteiger partial charge in [-0.1, -0.05) is 27.5 Å². The van der Waals surface area contributed by atoms with E-state index in [4.69, 9.17) is 17.3 Å². The van der Waals surface area contributed by atoms with Crippen LogP contribution in [0.25, 0.3) is 0 Å². The third-order valence-corrected chi connectivity index (χ3v) is 3.49. The summed E-state index contributed by atoms with van der Waals surface area (Å²) in [7, 11) is 1.33. The molecule has 0 aliphatic carbocycles. The maximum atomic E-state index is 11.5. The van der Waals surface area contributed by atoms with Gasteiger partial charge in [0.25, 0.3) is 0 Å². The highest BCUT2D eigenvalue weighted by molar-refractivity contribution is 9.10. The van der Waals surface area contributed by atoms with E-state index in [0.717, 1.165) is 4.47 Å². The molecule has 104 valence electrons. The van der Waals surface area contributed by atoms with Crippen LogP contribution in [0.3, 0.4) is 0 Å². The summed E-state index contributed by atoms with van der Waals surface area (Å²) in [4.78, 5) is 11.5. The lowest BCUT2D eigenvalue weighted by molar-refractivity contribution is 0.0601. The number of carbonyl (C=O) groups is 1. The summed E-state index contributed by atoms with van der Waals surface area (Å²) < 4.78 is 5.56. The van der Waals surface area contributed by atoms with E-state index in [1.807, 2.05) is 12.1 Å². The largest absolute Gasteiger partial charge is 0.465 e. The number of hydrogen-bond donors (Lipinski definition) is 2. The zero-order valence-corrected chi connectivity index (χ0v) is 13.0. The highest BCUT2D eigenvalue weighted by Gasteiger charge is 2.10. The molecule has 0 saturated heterocycles. The van der Waals surface area contributed by atoms with Crippen molar-refractivity contribution in [3.05, 3.63) is 51.5 Å². The monoisotopic (exact) mass is 354 g/mol. The highest BCUT2D eigenvalue weighted by atomic mass is 79.9. The molecule has 0 bridgehead atoms. The van der Waals surface area contributed by atoms with Crippen LogP contribution in [0, 0.1) is 0 Å². The van der Waals surface area contributed by atoms with Gasteiger partial charge in [-0.3, -0.25) is 0 Å². The lowest BCUT2D eigenvalue weighted by atomic mass is 10.1. The van der Waals surface area contributed by atoms with Crippen molar-refractivity contribution in [1.82, 2.24) is 0 Å². The van der Waals surface area contributed by atoms with Crippen LogP contribution >= 0.6 is 27.5 Å². The second-order valence-electron chi connectivity index (χ2n) is 4.04. The number of rotatable bonds is 3. The first-order valence-corrected chi connectivity index (χ1v) is 6.88. The molecule has 0 spiro atoms. The normalized spacial score (nSPS) is 10.2. The molecule has 20 heavy (non-hydrogen) atoms. The van der Waals surface area contributed by atoms with Gasteiger partial charge in [-0.2, -0.15) is 0 Å². The summed E-state index contributed by atoms with van der Waals surface area (Å²) in [6.07, 6.45) is 0. The van der Waals surface area contributed by atoms with E-state index < -0.39 is 5.97 Å². The Labute approximate surface area is 130 Å². The van der Waals surface area contributed by atoms with Gasteiger partial charge in [0.2, 0.25) is 0 Å². The van der Waals surface area contributed by atoms with Gasteiger partial charge in [0.15, 0.2) is 0 Å². The van der Waals surface area contributed by atoms with Gasteiger partial charge in [0.1, 0.15) is 0 Å². The maximum absolute atomic E-state index is 11.5. The molecule has 0 aliphatic heterocycles. The van der Waals surface area contributed by atoms with Crippen LogP contribution in [0.5, 0.6) is 0 Å². The van der Waals surface area contributed by atoms with Gasteiger partial charge in [0.05, 0.1) is 34.8 Å². The molecular weight excluding hydrogens is 344 g/mol. The van der Waals surface area contributed by atoms with E-state index in [9.17, 15) is 4.79 Å². The molecule has 0 radical (unpaired) electrons. The van der Waals surface area contributed by atoms with E-state index in [1.54, 1.807) is 24.3 Å². The van der Waals surface area contributed by atoms with Crippen molar-refractivity contribution in [2.75, 3.05) is 18.2 Å². The molecule has 0 amide bonds. The van der Waals surface area contributed by atoms with Crippen LogP contribution in [-0.2, 0) is 4.74 Å². The van der Waals surface area contributed by atoms with Gasteiger partial charge < -0.3 is 15.8 Å². The maximum Gasteiger partial charge on any atom is 0.337 e. The van der Waals surface area contributed by atoms with Gasteiger partial charge in [-0.25, -0.2) is 4.79 Å². The zero-order valence-electron chi connectivity index (χ0n) is 10.6. The molecule has 0 heterocycles. The standard InChI is InChI=1S/C14H12BrClN2O2/c1-20-14(19)8-2-5-11(17)13(6-8)18-12-7-9(15)3-4-10(12)16/h2-7,18H,17H2,1H3. The Bertz CT molecular complexity index is 662. The minimum atomic E-state index is -0.423. The minimum Gasteiger partial charge on any atom is -0.465 e. The lowest BCUT2D eigenvalue weighted by Crippen LogP contribution is -2.04. The highest BCUT2D eigenvalue weighted by Crippen LogP contribution is 2.31. The molecule has 4 nitrogen and oxygen atoms in total. The van der Waals surface area contributed by atoms with Crippen molar-refractivity contribution < 1.29 is 9.53 Å². The Morgan fingerprint density at radius 1 is 1.25 bits per heavy atom. The zero-order chi connectivity index (χ0) is 14.7. The van der Waals surface area contributed by atoms with Gasteiger partial charge in [-0.05, 0) is 36.4 Å². The quantitative estimate of drug-likeness (QED) is 0.639. The number of benzene rings is 2. The van der Waals surface area contributed by atoms with E-state index in [0.29, 0.717) is 27.6 Å². The molecule has 2 aromatic carbocycles. The minimum absolute atomic E-state index is 0.412. The molecule has 0 aliphatic rings. The summed E-state index contributed by atoms with van der Waals surface area (Å²) in [6.45, 7) is 0. The topological polar surface area (TPSA) is 64.3 Å². The van der Waals surface area contributed by atoms with Crippen molar-refractivity contribution in [3.8, 4) is 0 Å². The Kier molecular flexibility index (Phi) is 4.52. The molecule has 0 aromatic heterocycles. The predicted molar refractivity (Wildman–Crippen MR) is 84.6 cm³/mol. The van der Waals surface area contributed by atoms with E-state index >= 15 is 0 Å². The number of ether oxygens (including phenoxy) is 1. The SMILES string of the molecule is COC(=O)c1ccc(N)c(Nc2cc(Br)ccc2Cl)c1. The smallest absolute Gasteiger partial charge is 0.337 e. The van der Waals surface area contributed by atoms with Crippen molar-refractivity contribution in [3.63, 3.8) is 0 Å². The van der Waals surface area contributed by atoms with Gasteiger partial charge in [0, 0.05) is 4.47 Å². The number of hydrogen-bond acceptors (Lipinski definition) is 4. The van der Waals surface area contributed by atoms with Crippen LogP contribution in [0.2, 0.25) is 5.02 Å². The number of methoxy groups -OCH3 is 1. The number of nitrogen functional groups attached to an aromatic ring is 1. The fourth-order valence-corrected chi connectivity index (χ4v) is 2.17. The lowest BCUT2D eigenvalue weighted by Gasteiger charge is -2.12. The molecule has 6 heteroatoms. The van der Waals surface area contributed by atoms with Crippen LogP contribution in [0.15, 0.2) is 40.9 Å². The molecule has 0 saturated carbocycles. The number of carbonyl (C=O) groups excluding carboxylic acids is 1. The van der Waals surface area contributed by atoms with E-state index in [2.05, 4.69) is 26.0 Å². The molecule has 3 N–H and O–H groups in total. The molecule has 0 atom stereocenters. The van der Waals surface area contributed by atoms with Crippen LogP contribution < -0.4 is 11.1 Å². The molecule has 0 fully saturated rings. The molecule has 0 unspecified atom stereocenters. The second-order valence-corrected chi connectivity index (χ2v) is 5.37. The van der Waals surface area contributed by atoms with Gasteiger partial charge >= 0.3 is 5.97 Å². The van der Waals surface area contributed by atoms with Crippen LogP contribution in [0.1, 0.15) is 10.4 Å². The second kappa shape index (κ2) is 6.15. The third kappa shape index (κ3) is 3.23. The van der Waals surface area contributed by atoms with E-state index in [-0.39, 0.29) is 0 Å². The Morgan fingerprint density at radius 3 is 2.70 bits per heavy atom. The number of halogens is 2. The number of anilines is 3. The van der Waals surface area contributed by atoms with Crippen LogP contribution in [-0.4, -0.2) is 13.1 Å². The first-order chi connectivity index (χ1) is 9.51. The van der Waals surface area contributed by atoms with Crippen molar-refractivity contribution in [2.45, 2.75) is 0 Å². The number of nitrogens with two attached hydrogens (primary N) is 1. The Morgan fingerprint density at radius 2 is 2.00 bits per heavy atom. The average molecular weight is 356 g/mol. The summed E-state index contributed by atoms with van der Waals surface area (Å²) in [5, 5.41) is 3.66. The first kappa shape index (κ1) is 14.7. The summed E-state index contributed by atoms with van der Waals surface area (Å²) in [5.41, 5.74) is 8.10. The summed E-state index contributed by atoms with van der Waals surface area (Å²) in [6, 6.07) is 10.3. The predicted octanol–water partition coefficient (Wildman–Crippen LogP) is 4.21. The third-order valence-electron chi connectivity index (χ3n) is 2.67. The van der Waals surface area contributed by atoms with Gasteiger partial charge in [-0.15, -0.1) is 0 Å². The van der Waals surface area contributed by atoms with Crippen LogP contribution in [0.4, 0.5) is 17.1 Å². The van der Waals surface area contributed by atoms with Crippen molar-refractivity contribution in [1.29, 1.82) is 0 Å². The fourth-order valence-electron chi connectivity index (χ4n) is 1.65. The molecular formula is C14H12BrClN2O2. The fraction of sp³-hybridized carbons (Fsp3) is 0.0714. The summed E-state index contributed by atoms with van der Waals surface area (Å²) in [5.74, 6) is -0.423. The average Bonchev–Trinajstić information content (AvgIpc) is 2.44. The molecule has 2 rings (SSSR count). The Balaban J connectivity index is 2.37. The number of esters is 1. The van der Waals surface area contributed by atoms with Crippen molar-refractivity contribution >= 4 is 50.6 Å². The molecule has 2 aromatic rings. The Hall–Kier alpha value is -1.72. The first-order valence-electron chi connectivity index (χ1n) is 5.71. The van der Waals surface area contributed by atoms with E-state index in [1.165, 1.54) is 7.11 Å².